The van der Waals surface area contributed by atoms with Gasteiger partial charge in [-0.25, -0.2) is 4.79 Å². The van der Waals surface area contributed by atoms with Gasteiger partial charge >= 0.3 is 5.97 Å². The molecule has 4 rings (SSSR count). The molecule has 2 amide bonds. The highest BCUT2D eigenvalue weighted by atomic mass is 32.2. The number of aliphatic hydroxyl groups excluding tert-OH is 1. The van der Waals surface area contributed by atoms with Crippen molar-refractivity contribution in [3.8, 4) is 0 Å². The Balaban J connectivity index is 1.44. The quantitative estimate of drug-likeness (QED) is 0.256. The van der Waals surface area contributed by atoms with E-state index in [0.29, 0.717) is 17.9 Å². The van der Waals surface area contributed by atoms with Crippen molar-refractivity contribution >= 4 is 45.4 Å². The summed E-state index contributed by atoms with van der Waals surface area (Å²) >= 11 is 1.32. The van der Waals surface area contributed by atoms with Crippen molar-refractivity contribution in [2.75, 3.05) is 11.9 Å². The number of hydrogen-bond acceptors (Lipinski definition) is 8. The molecule has 2 saturated heterocycles. The number of rotatable bonds is 7. The van der Waals surface area contributed by atoms with Crippen LogP contribution in [0.4, 0.5) is 5.69 Å². The van der Waals surface area contributed by atoms with Crippen molar-refractivity contribution in [2.24, 2.45) is 11.8 Å². The standard InChI is InChI=1S/C21H25N3O8S2/c1-9-16-15(10(2)25)20(27)24(16)17(21(28)29)18(9)33-12-7-14(22-8-12)19(26)23-11-4-3-5-13(6-11)34(30,31)32/h3-6,9-10,12,14-16,22,25H,7-8H2,1-2H3,(H,23,26)(H,28,29)(H,30,31,32)/t9-,10-,12+,14+,15-,16-/m1/s1. The van der Waals surface area contributed by atoms with Gasteiger partial charge in [-0.1, -0.05) is 13.0 Å². The van der Waals surface area contributed by atoms with Crippen molar-refractivity contribution in [2.45, 2.75) is 48.6 Å². The van der Waals surface area contributed by atoms with Gasteiger partial charge in [0, 0.05) is 28.3 Å². The molecule has 13 heteroatoms. The van der Waals surface area contributed by atoms with Gasteiger partial charge in [0.2, 0.25) is 11.8 Å². The monoisotopic (exact) mass is 511 g/mol. The first-order valence-electron chi connectivity index (χ1n) is 10.7. The smallest absolute Gasteiger partial charge is 0.353 e. The van der Waals surface area contributed by atoms with Gasteiger partial charge in [-0.3, -0.25) is 14.1 Å². The zero-order valence-electron chi connectivity index (χ0n) is 18.3. The Morgan fingerprint density at radius 2 is 2.03 bits per heavy atom. The molecule has 0 radical (unpaired) electrons. The number of aliphatic hydroxyl groups is 1. The number of fused-ring (bicyclic) bond motifs is 1. The Labute approximate surface area is 200 Å². The van der Waals surface area contributed by atoms with Crippen LogP contribution in [0.2, 0.25) is 0 Å². The van der Waals surface area contributed by atoms with Crippen LogP contribution in [0.5, 0.6) is 0 Å². The fourth-order valence-electron chi connectivity index (χ4n) is 4.81. The Morgan fingerprint density at radius 1 is 1.32 bits per heavy atom. The number of carboxylic acids is 1. The number of anilines is 1. The summed E-state index contributed by atoms with van der Waals surface area (Å²) in [7, 11) is -4.40. The van der Waals surface area contributed by atoms with Gasteiger partial charge in [0.15, 0.2) is 0 Å². The average Bonchev–Trinajstić information content (AvgIpc) is 3.30. The first-order chi connectivity index (χ1) is 15.9. The summed E-state index contributed by atoms with van der Waals surface area (Å²) in [6, 6.07) is 4.26. The van der Waals surface area contributed by atoms with Gasteiger partial charge in [0.1, 0.15) is 5.70 Å². The lowest BCUT2D eigenvalue weighted by Gasteiger charge is -2.46. The number of thioether (sulfide) groups is 1. The molecule has 0 aliphatic carbocycles. The van der Waals surface area contributed by atoms with E-state index >= 15 is 0 Å². The maximum atomic E-state index is 12.7. The third kappa shape index (κ3) is 4.33. The van der Waals surface area contributed by atoms with Crippen LogP contribution in [-0.2, 0) is 24.5 Å². The lowest BCUT2D eigenvalue weighted by atomic mass is 9.79. The fourth-order valence-corrected chi connectivity index (χ4v) is 6.82. The lowest BCUT2D eigenvalue weighted by molar-refractivity contribution is -0.163. The Morgan fingerprint density at radius 3 is 2.65 bits per heavy atom. The predicted molar refractivity (Wildman–Crippen MR) is 122 cm³/mol. The van der Waals surface area contributed by atoms with E-state index in [-0.39, 0.29) is 27.4 Å². The molecule has 0 aromatic heterocycles. The molecule has 0 spiro atoms. The molecular weight excluding hydrogens is 486 g/mol. The summed E-state index contributed by atoms with van der Waals surface area (Å²) in [6.07, 6.45) is -0.494. The molecule has 0 unspecified atom stereocenters. The lowest BCUT2D eigenvalue weighted by Crippen LogP contribution is -2.63. The van der Waals surface area contributed by atoms with Crippen molar-refractivity contribution in [3.05, 3.63) is 34.9 Å². The maximum absolute atomic E-state index is 12.7. The summed E-state index contributed by atoms with van der Waals surface area (Å²) in [4.78, 5) is 38.6. The SMILES string of the molecule is C[C@@H](O)[C@H]1C(=O)N2C(C(=O)O)=C(S[C@@H]3CN[C@H](C(=O)Nc4cccc(S(=O)(=O)O)c4)C3)[C@H](C)[C@H]12. The molecule has 3 heterocycles. The number of β-lactam (4-membered cyclic amide) rings is 1. The minimum absolute atomic E-state index is 0.0562. The largest absolute Gasteiger partial charge is 0.477 e. The van der Waals surface area contributed by atoms with Gasteiger partial charge < -0.3 is 25.7 Å². The van der Waals surface area contributed by atoms with E-state index in [2.05, 4.69) is 10.6 Å². The van der Waals surface area contributed by atoms with E-state index in [0.717, 1.165) is 6.07 Å². The number of benzene rings is 1. The number of carbonyl (C=O) groups excluding carboxylic acids is 2. The molecule has 11 nitrogen and oxygen atoms in total. The summed E-state index contributed by atoms with van der Waals surface area (Å²) in [5.74, 6) is -2.89. The van der Waals surface area contributed by atoms with Crippen molar-refractivity contribution < 1.29 is 37.6 Å². The highest BCUT2D eigenvalue weighted by molar-refractivity contribution is 8.03. The Hall–Kier alpha value is -2.45. The second kappa shape index (κ2) is 8.96. The summed E-state index contributed by atoms with van der Waals surface area (Å²) < 4.78 is 31.8. The number of aliphatic carboxylic acids is 1. The molecule has 0 saturated carbocycles. The molecule has 2 fully saturated rings. The average molecular weight is 512 g/mol. The minimum atomic E-state index is -4.40. The number of nitrogens with zero attached hydrogens (tertiary/aromatic N) is 1. The molecule has 1 aromatic rings. The first kappa shape index (κ1) is 24.7. The van der Waals surface area contributed by atoms with Crippen LogP contribution in [-0.4, -0.2) is 75.8 Å². The van der Waals surface area contributed by atoms with E-state index in [4.69, 9.17) is 0 Å². The summed E-state index contributed by atoms with van der Waals surface area (Å²) in [5.41, 5.74) is 0.157. The number of nitrogens with one attached hydrogen (secondary N) is 2. The van der Waals surface area contributed by atoms with Crippen LogP contribution >= 0.6 is 11.8 Å². The van der Waals surface area contributed by atoms with Crippen molar-refractivity contribution in [1.82, 2.24) is 10.2 Å². The predicted octanol–water partition coefficient (Wildman–Crippen LogP) is 0.489. The van der Waals surface area contributed by atoms with Gasteiger partial charge in [0.05, 0.1) is 29.0 Å². The topological polar surface area (TPSA) is 173 Å². The molecule has 3 aliphatic heterocycles. The van der Waals surface area contributed by atoms with E-state index < -0.39 is 52.0 Å². The number of hydrogen-bond donors (Lipinski definition) is 5. The maximum Gasteiger partial charge on any atom is 0.353 e. The van der Waals surface area contributed by atoms with Crippen LogP contribution < -0.4 is 10.6 Å². The van der Waals surface area contributed by atoms with E-state index in [1.165, 1.54) is 41.8 Å². The molecule has 0 bridgehead atoms. The molecule has 3 aliphatic rings. The Kier molecular flexibility index (Phi) is 6.50. The molecule has 184 valence electrons. The highest BCUT2D eigenvalue weighted by Crippen LogP contribution is 2.51. The van der Waals surface area contributed by atoms with Crippen LogP contribution in [0.3, 0.4) is 0 Å². The minimum Gasteiger partial charge on any atom is -0.477 e. The summed E-state index contributed by atoms with van der Waals surface area (Å²) in [5, 5.41) is 25.3. The second-order valence-electron chi connectivity index (χ2n) is 8.70. The molecule has 1 aromatic carbocycles. The van der Waals surface area contributed by atoms with Gasteiger partial charge in [0.25, 0.3) is 10.1 Å². The molecule has 5 N–H and O–H groups in total. The number of carbonyl (C=O) groups is 3. The van der Waals surface area contributed by atoms with Crippen LogP contribution in [0.1, 0.15) is 20.3 Å². The molecule has 6 atom stereocenters. The highest BCUT2D eigenvalue weighted by Gasteiger charge is 2.60. The fraction of sp³-hybridized carbons (Fsp3) is 0.476. The molecular formula is C21H25N3O8S2. The molecule has 34 heavy (non-hydrogen) atoms. The van der Waals surface area contributed by atoms with Crippen LogP contribution in [0.15, 0.2) is 39.8 Å². The van der Waals surface area contributed by atoms with Crippen molar-refractivity contribution in [1.29, 1.82) is 0 Å². The third-order valence-corrected chi connectivity index (χ3v) is 8.77. The van der Waals surface area contributed by atoms with Crippen molar-refractivity contribution in [3.63, 3.8) is 0 Å². The van der Waals surface area contributed by atoms with Gasteiger partial charge in [-0.2, -0.15) is 8.42 Å². The normalized spacial score (nSPS) is 29.6. The van der Waals surface area contributed by atoms with Crippen LogP contribution in [0.25, 0.3) is 0 Å². The zero-order valence-corrected chi connectivity index (χ0v) is 20.0. The number of amides is 2. The van der Waals surface area contributed by atoms with E-state index in [9.17, 15) is 37.6 Å². The summed E-state index contributed by atoms with van der Waals surface area (Å²) in [6.45, 7) is 3.79. The zero-order chi connectivity index (χ0) is 24.9. The number of carboxylic acid groups (broad SMARTS) is 1. The van der Waals surface area contributed by atoms with Crippen LogP contribution in [0, 0.1) is 11.8 Å². The first-order valence-corrected chi connectivity index (χ1v) is 13.0. The van der Waals surface area contributed by atoms with Gasteiger partial charge in [-0.15, -0.1) is 11.8 Å². The third-order valence-electron chi connectivity index (χ3n) is 6.41. The Bertz CT molecular complexity index is 1180. The second-order valence-corrected chi connectivity index (χ2v) is 11.5. The van der Waals surface area contributed by atoms with E-state index in [1.54, 1.807) is 0 Å². The van der Waals surface area contributed by atoms with Gasteiger partial charge in [-0.05, 0) is 31.5 Å². The van der Waals surface area contributed by atoms with E-state index in [1.807, 2.05) is 6.92 Å².